The second-order valence-corrected chi connectivity index (χ2v) is 8.42. The summed E-state index contributed by atoms with van der Waals surface area (Å²) in [5.41, 5.74) is 0.260. The van der Waals surface area contributed by atoms with E-state index in [1.54, 1.807) is 0 Å². The summed E-state index contributed by atoms with van der Waals surface area (Å²) < 4.78 is 86.6. The molecule has 0 spiro atoms. The van der Waals surface area contributed by atoms with Gasteiger partial charge in [-0.15, -0.1) is 11.8 Å². The largest absolute Gasteiger partial charge is 0.454 e. The fraction of sp³-hybridized carbons (Fsp3) is 0.333. The van der Waals surface area contributed by atoms with E-state index in [2.05, 4.69) is 9.97 Å². The Balaban J connectivity index is 2.24. The molecule has 142 valence electrons. The Bertz CT molecular complexity index is 868. The smallest absolute Gasteiger partial charge is 0.253 e. The van der Waals surface area contributed by atoms with E-state index < -0.39 is 27.7 Å². The molecule has 0 aliphatic rings. The molecule has 11 heteroatoms. The molecule has 4 nitrogen and oxygen atoms in total. The lowest BCUT2D eigenvalue weighted by molar-refractivity contribution is -0.271. The van der Waals surface area contributed by atoms with Crippen molar-refractivity contribution >= 4 is 21.6 Å². The molecule has 26 heavy (non-hydrogen) atoms. The predicted octanol–water partition coefficient (Wildman–Crippen LogP) is 4.23. The van der Waals surface area contributed by atoms with Crippen molar-refractivity contribution in [3.63, 3.8) is 0 Å². The van der Waals surface area contributed by atoms with Crippen LogP contribution >= 0.6 is 11.8 Å². The standard InChI is InChI=1S/C15H13F5N2O2S2/c1-2-26(23,24)12-4-3-7-21-13(12)11-6-5-10(8-22-11)25-9-14(16,17)15(18,19)20/h3-8H,2,9H2,1H3. The van der Waals surface area contributed by atoms with Gasteiger partial charge in [-0.25, -0.2) is 8.42 Å². The quantitative estimate of drug-likeness (QED) is 0.525. The van der Waals surface area contributed by atoms with E-state index in [1.165, 1.54) is 37.4 Å². The third-order valence-electron chi connectivity index (χ3n) is 3.30. The Morgan fingerprint density at radius 2 is 1.77 bits per heavy atom. The Morgan fingerprint density at radius 3 is 2.31 bits per heavy atom. The van der Waals surface area contributed by atoms with Crippen molar-refractivity contribution < 1.29 is 30.4 Å². The minimum Gasteiger partial charge on any atom is -0.253 e. The number of nitrogens with zero attached hydrogens (tertiary/aromatic N) is 2. The molecule has 0 aromatic carbocycles. The third kappa shape index (κ3) is 4.50. The van der Waals surface area contributed by atoms with Gasteiger partial charge in [-0.2, -0.15) is 22.0 Å². The van der Waals surface area contributed by atoms with Gasteiger partial charge in [-0.3, -0.25) is 9.97 Å². The van der Waals surface area contributed by atoms with E-state index in [-0.39, 0.29) is 26.9 Å². The summed E-state index contributed by atoms with van der Waals surface area (Å²) in [7, 11) is -3.56. The molecule has 0 aliphatic heterocycles. The van der Waals surface area contributed by atoms with E-state index in [1.807, 2.05) is 0 Å². The first-order valence-corrected chi connectivity index (χ1v) is 9.83. The molecule has 0 bridgehead atoms. The van der Waals surface area contributed by atoms with Crippen LogP contribution in [0.1, 0.15) is 6.92 Å². The third-order valence-corrected chi connectivity index (χ3v) is 6.14. The summed E-state index contributed by atoms with van der Waals surface area (Å²) in [6.45, 7) is 1.47. The molecule has 2 heterocycles. The maximum atomic E-state index is 12.9. The first-order chi connectivity index (χ1) is 12.0. The van der Waals surface area contributed by atoms with Crippen molar-refractivity contribution in [2.45, 2.75) is 28.8 Å². The Morgan fingerprint density at radius 1 is 1.08 bits per heavy atom. The molecule has 2 rings (SSSR count). The van der Waals surface area contributed by atoms with Crippen LogP contribution in [0.5, 0.6) is 0 Å². The van der Waals surface area contributed by atoms with Crippen molar-refractivity contribution in [2.24, 2.45) is 0 Å². The van der Waals surface area contributed by atoms with Gasteiger partial charge in [0.25, 0.3) is 0 Å². The van der Waals surface area contributed by atoms with Gasteiger partial charge >= 0.3 is 12.1 Å². The number of hydrogen-bond acceptors (Lipinski definition) is 5. The van der Waals surface area contributed by atoms with Gasteiger partial charge in [0.15, 0.2) is 9.84 Å². The number of halogens is 5. The average molecular weight is 412 g/mol. The molecule has 0 radical (unpaired) electrons. The Labute approximate surface area is 150 Å². The van der Waals surface area contributed by atoms with Crippen LogP contribution in [0.15, 0.2) is 46.5 Å². The molecule has 0 aliphatic carbocycles. The van der Waals surface area contributed by atoms with E-state index in [0.717, 1.165) is 6.20 Å². The van der Waals surface area contributed by atoms with Gasteiger partial charge < -0.3 is 0 Å². The van der Waals surface area contributed by atoms with Gasteiger partial charge in [0.2, 0.25) is 0 Å². The minimum atomic E-state index is -5.62. The summed E-state index contributed by atoms with van der Waals surface area (Å²) in [6, 6.07) is 5.44. The number of pyridine rings is 2. The van der Waals surface area contributed by atoms with Crippen molar-refractivity contribution in [1.29, 1.82) is 0 Å². The number of thioether (sulfide) groups is 1. The van der Waals surface area contributed by atoms with Crippen LogP contribution in [0.25, 0.3) is 11.4 Å². The van der Waals surface area contributed by atoms with Gasteiger partial charge in [0.1, 0.15) is 5.69 Å². The molecule has 0 atom stereocenters. The highest BCUT2D eigenvalue weighted by Gasteiger charge is 2.57. The molecule has 0 amide bonds. The van der Waals surface area contributed by atoms with Crippen molar-refractivity contribution in [3.8, 4) is 11.4 Å². The lowest BCUT2D eigenvalue weighted by atomic mass is 10.2. The second-order valence-electron chi connectivity index (χ2n) is 5.12. The summed E-state index contributed by atoms with van der Waals surface area (Å²) in [5.74, 6) is -6.44. The summed E-state index contributed by atoms with van der Waals surface area (Å²) in [5, 5.41) is 0. The van der Waals surface area contributed by atoms with Crippen LogP contribution in [0.2, 0.25) is 0 Å². The van der Waals surface area contributed by atoms with Crippen LogP contribution in [0, 0.1) is 0 Å². The van der Waals surface area contributed by atoms with E-state index in [4.69, 9.17) is 0 Å². The Kier molecular flexibility index (Phi) is 5.91. The highest BCUT2D eigenvalue weighted by molar-refractivity contribution is 7.99. The second kappa shape index (κ2) is 7.47. The summed E-state index contributed by atoms with van der Waals surface area (Å²) in [4.78, 5) is 8.00. The van der Waals surface area contributed by atoms with Gasteiger partial charge in [0, 0.05) is 17.3 Å². The lowest BCUT2D eigenvalue weighted by Gasteiger charge is -2.18. The summed E-state index contributed by atoms with van der Waals surface area (Å²) >= 11 is 0.301. The first-order valence-electron chi connectivity index (χ1n) is 7.19. The maximum absolute atomic E-state index is 12.9. The van der Waals surface area contributed by atoms with Gasteiger partial charge in [-0.1, -0.05) is 6.92 Å². The molecule has 0 N–H and O–H groups in total. The zero-order chi connectivity index (χ0) is 19.6. The number of hydrogen-bond donors (Lipinski definition) is 0. The van der Waals surface area contributed by atoms with Crippen molar-refractivity contribution in [3.05, 3.63) is 36.7 Å². The normalized spacial score (nSPS) is 13.0. The molecule has 0 unspecified atom stereocenters. The van der Waals surface area contributed by atoms with Crippen molar-refractivity contribution in [1.82, 2.24) is 9.97 Å². The first kappa shape index (κ1) is 20.6. The van der Waals surface area contributed by atoms with E-state index >= 15 is 0 Å². The molecular weight excluding hydrogens is 399 g/mol. The number of aromatic nitrogens is 2. The number of alkyl halides is 5. The average Bonchev–Trinajstić information content (AvgIpc) is 2.59. The van der Waals surface area contributed by atoms with Gasteiger partial charge in [0.05, 0.1) is 22.1 Å². The number of sulfone groups is 1. The van der Waals surface area contributed by atoms with E-state index in [0.29, 0.717) is 11.8 Å². The highest BCUT2D eigenvalue weighted by atomic mass is 32.2. The molecular formula is C15H13F5N2O2S2. The predicted molar refractivity (Wildman–Crippen MR) is 86.9 cm³/mol. The summed E-state index contributed by atoms with van der Waals surface area (Å²) in [6.07, 6.45) is -3.15. The SMILES string of the molecule is CCS(=O)(=O)c1cccnc1-c1ccc(SCC(F)(F)C(F)(F)F)cn1. The molecule has 0 saturated carbocycles. The minimum absolute atomic E-state index is 0.0287. The molecule has 0 fully saturated rings. The zero-order valence-corrected chi connectivity index (χ0v) is 14.9. The zero-order valence-electron chi connectivity index (χ0n) is 13.3. The monoisotopic (exact) mass is 412 g/mol. The lowest BCUT2D eigenvalue weighted by Crippen LogP contribution is -2.38. The van der Waals surface area contributed by atoms with Crippen molar-refractivity contribution in [2.75, 3.05) is 11.5 Å². The molecule has 2 aromatic rings. The van der Waals surface area contributed by atoms with E-state index in [9.17, 15) is 30.4 Å². The maximum Gasteiger partial charge on any atom is 0.454 e. The van der Waals surface area contributed by atoms with Crippen LogP contribution in [0.3, 0.4) is 0 Å². The fourth-order valence-electron chi connectivity index (χ4n) is 1.85. The number of rotatable bonds is 6. The topological polar surface area (TPSA) is 59.9 Å². The molecule has 0 saturated heterocycles. The van der Waals surface area contributed by atoms with Crippen LogP contribution in [-0.4, -0.2) is 42.0 Å². The van der Waals surface area contributed by atoms with Crippen LogP contribution in [-0.2, 0) is 9.84 Å². The van der Waals surface area contributed by atoms with Crippen LogP contribution in [0.4, 0.5) is 22.0 Å². The van der Waals surface area contributed by atoms with Crippen LogP contribution < -0.4 is 0 Å². The fourth-order valence-corrected chi connectivity index (χ4v) is 3.70. The highest BCUT2D eigenvalue weighted by Crippen LogP contribution is 2.39. The molecule has 2 aromatic heterocycles. The Hall–Kier alpha value is -1.75. The van der Waals surface area contributed by atoms with Gasteiger partial charge in [-0.05, 0) is 24.3 Å².